The largest absolute Gasteiger partial charge is 0.493 e. The van der Waals surface area contributed by atoms with Crippen LogP contribution in [0.15, 0.2) is 73.6 Å². The molecule has 0 saturated carbocycles. The maximum atomic E-state index is 14.2. The first-order chi connectivity index (χ1) is 29.5. The van der Waals surface area contributed by atoms with Crippen LogP contribution in [-0.2, 0) is 33.1 Å². The number of carbonyl (C=O) groups excluding carboxylic acids is 4. The Bertz CT molecular complexity index is 2200. The van der Waals surface area contributed by atoms with Crippen LogP contribution in [0.2, 0.25) is 0 Å². The number of hydrogen-bond donors (Lipinski definition) is 2. The first kappa shape index (κ1) is 43.2. The van der Waals surface area contributed by atoms with Gasteiger partial charge in [-0.3, -0.25) is 14.4 Å². The van der Waals surface area contributed by atoms with Gasteiger partial charge in [0, 0.05) is 63.5 Å². The lowest BCUT2D eigenvalue weighted by molar-refractivity contribution is -0.198. The average Bonchev–Trinajstić information content (AvgIpc) is 3.78. The summed E-state index contributed by atoms with van der Waals surface area (Å²) in [6.45, 7) is 9.16. The van der Waals surface area contributed by atoms with E-state index in [9.17, 15) is 19.2 Å². The number of aromatic nitrogens is 2. The molecule has 0 radical (unpaired) electrons. The molecule has 7 rings (SSSR count). The number of nitrogens with one attached hydrogen (secondary N) is 2. The first-order valence-corrected chi connectivity index (χ1v) is 21.4. The molecule has 2 fully saturated rings. The average molecular weight is 835 g/mol. The van der Waals surface area contributed by atoms with E-state index in [2.05, 4.69) is 41.0 Å². The van der Waals surface area contributed by atoms with Crippen molar-refractivity contribution in [3.8, 4) is 16.9 Å². The molecule has 14 heteroatoms. The maximum absolute atomic E-state index is 14.2. The number of amides is 4. The molecule has 0 aliphatic carbocycles. The van der Waals surface area contributed by atoms with Gasteiger partial charge in [0.2, 0.25) is 5.91 Å². The molecular formula is C47H58N6O8. The third-order valence-corrected chi connectivity index (χ3v) is 11.7. The fourth-order valence-electron chi connectivity index (χ4n) is 8.30. The molecule has 0 bridgehead atoms. The summed E-state index contributed by atoms with van der Waals surface area (Å²) in [6.07, 6.45) is 10.7. The first-order valence-electron chi connectivity index (χ1n) is 21.4. The summed E-state index contributed by atoms with van der Waals surface area (Å²) in [6, 6.07) is 14.7. The van der Waals surface area contributed by atoms with Crippen molar-refractivity contribution in [2.45, 2.75) is 96.6 Å². The third-order valence-electron chi connectivity index (χ3n) is 11.7. The number of carbonyl (C=O) groups is 4. The molecular weight excluding hydrogens is 777 g/mol. The van der Waals surface area contributed by atoms with Crippen LogP contribution in [0.1, 0.15) is 96.3 Å². The molecule has 324 valence electrons. The van der Waals surface area contributed by atoms with Crippen molar-refractivity contribution >= 4 is 40.9 Å². The van der Waals surface area contributed by atoms with Crippen LogP contribution >= 0.6 is 0 Å². The van der Waals surface area contributed by atoms with E-state index in [1.165, 1.54) is 16.7 Å². The van der Waals surface area contributed by atoms with E-state index in [4.69, 9.17) is 18.9 Å². The van der Waals surface area contributed by atoms with E-state index in [1.54, 1.807) is 36.0 Å². The molecule has 2 saturated heterocycles. The number of fused-ring (bicyclic) bond motifs is 2. The number of piperidine rings is 1. The number of hydrogen-bond acceptors (Lipinski definition) is 8. The van der Waals surface area contributed by atoms with E-state index >= 15 is 0 Å². The fraction of sp³-hybridized carbons (Fsp3) is 0.447. The maximum Gasteiger partial charge on any atom is 0.416 e. The van der Waals surface area contributed by atoms with Crippen molar-refractivity contribution in [1.82, 2.24) is 14.0 Å². The molecule has 2 unspecified atom stereocenters. The van der Waals surface area contributed by atoms with Gasteiger partial charge in [-0.15, -0.1) is 0 Å². The van der Waals surface area contributed by atoms with E-state index in [0.29, 0.717) is 85.9 Å². The number of anilines is 3. The third kappa shape index (κ3) is 10.2. The second-order valence-electron chi connectivity index (χ2n) is 16.2. The van der Waals surface area contributed by atoms with Crippen molar-refractivity contribution in [1.29, 1.82) is 0 Å². The number of ether oxygens (including phenoxy) is 4. The van der Waals surface area contributed by atoms with Crippen LogP contribution in [0.25, 0.3) is 11.1 Å². The molecule has 3 aliphatic heterocycles. The van der Waals surface area contributed by atoms with E-state index in [0.717, 1.165) is 48.8 Å². The number of nitrogens with zero attached hydrogens (tertiary/aromatic N) is 4. The molecule has 3 atom stereocenters. The van der Waals surface area contributed by atoms with E-state index in [1.807, 2.05) is 43.1 Å². The molecule has 5 heterocycles. The molecule has 0 spiro atoms. The van der Waals surface area contributed by atoms with Crippen molar-refractivity contribution in [2.75, 3.05) is 41.9 Å². The van der Waals surface area contributed by atoms with Crippen molar-refractivity contribution in [2.24, 2.45) is 14.1 Å². The smallest absolute Gasteiger partial charge is 0.416 e. The minimum atomic E-state index is -0.819. The van der Waals surface area contributed by atoms with Gasteiger partial charge in [-0.1, -0.05) is 24.8 Å². The zero-order chi connectivity index (χ0) is 43.0. The van der Waals surface area contributed by atoms with Gasteiger partial charge in [-0.05, 0) is 119 Å². The van der Waals surface area contributed by atoms with Crippen LogP contribution in [0.4, 0.5) is 21.9 Å². The Balaban J connectivity index is 0.931. The fourth-order valence-corrected chi connectivity index (χ4v) is 8.30. The topological polar surface area (TPSA) is 146 Å². The second kappa shape index (κ2) is 19.7. The van der Waals surface area contributed by atoms with Gasteiger partial charge in [-0.2, -0.15) is 0 Å². The lowest BCUT2D eigenvalue weighted by atomic mass is 10.00. The minimum absolute atomic E-state index is 0.00178. The number of unbranched alkanes of at least 4 members (excludes halogenated alkanes) is 2. The highest BCUT2D eigenvalue weighted by molar-refractivity contribution is 6.06. The highest BCUT2D eigenvalue weighted by atomic mass is 16.7. The van der Waals surface area contributed by atoms with Crippen LogP contribution in [0, 0.1) is 13.8 Å². The van der Waals surface area contributed by atoms with Crippen LogP contribution in [0.5, 0.6) is 5.75 Å². The van der Waals surface area contributed by atoms with Gasteiger partial charge in [-0.25, -0.2) is 9.69 Å². The van der Waals surface area contributed by atoms with Crippen molar-refractivity contribution < 1.29 is 38.1 Å². The number of rotatable bonds is 15. The van der Waals surface area contributed by atoms with Crippen LogP contribution in [-0.4, -0.2) is 82.8 Å². The zero-order valence-electron chi connectivity index (χ0n) is 35.7. The van der Waals surface area contributed by atoms with Gasteiger partial charge in [0.1, 0.15) is 18.1 Å². The second-order valence-corrected chi connectivity index (χ2v) is 16.2. The molecule has 14 nitrogen and oxygen atoms in total. The summed E-state index contributed by atoms with van der Waals surface area (Å²) < 4.78 is 28.2. The van der Waals surface area contributed by atoms with Gasteiger partial charge >= 0.3 is 6.09 Å². The highest BCUT2D eigenvalue weighted by Gasteiger charge is 2.46. The predicted molar refractivity (Wildman–Crippen MR) is 234 cm³/mol. The molecule has 3 aliphatic rings. The van der Waals surface area contributed by atoms with E-state index in [-0.39, 0.29) is 30.4 Å². The van der Waals surface area contributed by atoms with Crippen LogP contribution < -0.4 is 20.3 Å². The number of aryl methyl sites for hydroxylation is 4. The monoisotopic (exact) mass is 834 g/mol. The quantitative estimate of drug-likeness (QED) is 0.0897. The van der Waals surface area contributed by atoms with Crippen molar-refractivity contribution in [3.63, 3.8) is 0 Å². The minimum Gasteiger partial charge on any atom is -0.493 e. The summed E-state index contributed by atoms with van der Waals surface area (Å²) in [5, 5.41) is 5.87. The standard InChI is InChI=1S/C47H58N6O8/c1-6-22-60-47(57)53-39-28-41(31(2)25-37(39)45(56)52-21-11-9-14-38(52)46(53)61-43-16-10-13-24-59-43)58-23-12-7-8-15-42(54)48-36-27-40(51(5)30-36)44(55)49-35-19-17-33(18-20-35)34-26-32(3)50(4)29-34/h6,17-20,25-30,38,43,46H,1,7-16,21-24H2,2-5H3,(H,48,54)(H,49,55)/t38-,43?,46?/m0/s1. The van der Waals surface area contributed by atoms with Gasteiger partial charge in [0.15, 0.2) is 12.5 Å². The lowest BCUT2D eigenvalue weighted by Gasteiger charge is -2.42. The molecule has 2 aromatic heterocycles. The SMILES string of the molecule is C=CCOC(=O)N1c2cc(OCCCCCC(=O)Nc3cc(C(=O)Nc4ccc(-c5cc(C)n(C)c5)cc4)n(C)c3)c(C)cc2C(=O)N2CCCC[C@H]2C1OC1CCCCO1. The van der Waals surface area contributed by atoms with Gasteiger partial charge in [0.25, 0.3) is 11.8 Å². The summed E-state index contributed by atoms with van der Waals surface area (Å²) in [5.74, 6) is -0.0334. The molecule has 4 amide bonds. The Hall–Kier alpha value is -5.86. The van der Waals surface area contributed by atoms with Gasteiger partial charge in [0.05, 0.1) is 29.6 Å². The van der Waals surface area contributed by atoms with E-state index < -0.39 is 18.6 Å². The van der Waals surface area contributed by atoms with Crippen molar-refractivity contribution in [3.05, 3.63) is 96.1 Å². The normalized spacial score (nSPS) is 18.8. The predicted octanol–water partition coefficient (Wildman–Crippen LogP) is 8.48. The number of benzene rings is 2. The highest BCUT2D eigenvalue weighted by Crippen LogP contribution is 2.40. The Morgan fingerprint density at radius 3 is 2.43 bits per heavy atom. The Morgan fingerprint density at radius 1 is 0.885 bits per heavy atom. The molecule has 61 heavy (non-hydrogen) atoms. The van der Waals surface area contributed by atoms with Crippen LogP contribution in [0.3, 0.4) is 0 Å². The summed E-state index contributed by atoms with van der Waals surface area (Å²) in [7, 11) is 3.78. The Labute approximate surface area is 357 Å². The zero-order valence-corrected chi connectivity index (χ0v) is 35.7. The Morgan fingerprint density at radius 2 is 1.69 bits per heavy atom. The molecule has 2 aromatic carbocycles. The lowest BCUT2D eigenvalue weighted by Crippen LogP contribution is -2.57. The Kier molecular flexibility index (Phi) is 13.9. The summed E-state index contributed by atoms with van der Waals surface area (Å²) in [4.78, 5) is 57.4. The molecule has 2 N–H and O–H groups in total. The molecule has 4 aromatic rings. The van der Waals surface area contributed by atoms with Gasteiger partial charge < -0.3 is 43.6 Å². The summed E-state index contributed by atoms with van der Waals surface area (Å²) >= 11 is 0. The summed E-state index contributed by atoms with van der Waals surface area (Å²) in [5.41, 5.74) is 6.52.